The number of rotatable bonds is 6. The molecule has 2 aromatic rings. The Morgan fingerprint density at radius 2 is 1.62 bits per heavy atom. The van der Waals surface area contributed by atoms with Gasteiger partial charge in [-0.1, -0.05) is 63.5 Å². The first-order valence-corrected chi connectivity index (χ1v) is 10.8. The van der Waals surface area contributed by atoms with Crippen molar-refractivity contribution >= 4 is 0 Å². The van der Waals surface area contributed by atoms with Crippen molar-refractivity contribution in [2.75, 3.05) is 6.61 Å². The lowest BCUT2D eigenvalue weighted by Gasteiger charge is -2.26. The van der Waals surface area contributed by atoms with Crippen LogP contribution in [0.1, 0.15) is 81.4 Å². The molecule has 1 aliphatic rings. The summed E-state index contributed by atoms with van der Waals surface area (Å²) in [5.41, 5.74) is 2.20. The van der Waals surface area contributed by atoms with Crippen LogP contribution in [0.2, 0.25) is 0 Å². The molecule has 0 radical (unpaired) electrons. The monoisotopic (exact) mass is 396 g/mol. The van der Waals surface area contributed by atoms with E-state index in [0.717, 1.165) is 30.7 Å². The van der Waals surface area contributed by atoms with Crippen LogP contribution in [0.5, 0.6) is 5.75 Å². The lowest BCUT2D eigenvalue weighted by atomic mass is 9.79. The van der Waals surface area contributed by atoms with E-state index in [2.05, 4.69) is 37.8 Å². The normalized spacial score (nSPS) is 18.8. The van der Waals surface area contributed by atoms with Crippen molar-refractivity contribution in [1.29, 1.82) is 0 Å². The van der Waals surface area contributed by atoms with E-state index in [1.165, 1.54) is 43.4 Å². The quantitative estimate of drug-likeness (QED) is 0.370. The maximum Gasteiger partial charge on any atom is 0.201 e. The number of hydrogen-bond donors (Lipinski definition) is 0. The molecular weight excluding hydrogens is 366 g/mol. The molecule has 0 saturated heterocycles. The Hall–Kier alpha value is -2.34. The van der Waals surface area contributed by atoms with Gasteiger partial charge in [-0.3, -0.25) is 0 Å². The molecule has 3 rings (SSSR count). The Kier molecular flexibility index (Phi) is 7.69. The van der Waals surface area contributed by atoms with Crippen LogP contribution in [-0.4, -0.2) is 6.61 Å². The van der Waals surface area contributed by atoms with Gasteiger partial charge in [0, 0.05) is 5.56 Å². The summed E-state index contributed by atoms with van der Waals surface area (Å²) < 4.78 is 33.9. The second-order valence-corrected chi connectivity index (χ2v) is 8.12. The molecule has 2 aromatic carbocycles. The minimum absolute atomic E-state index is 0.0460. The fraction of sp³-hybridized carbons (Fsp3) is 0.462. The molecule has 0 amide bonds. The Morgan fingerprint density at radius 1 is 0.897 bits per heavy atom. The first-order chi connectivity index (χ1) is 14.1. The first kappa shape index (κ1) is 21.4. The van der Waals surface area contributed by atoms with Gasteiger partial charge >= 0.3 is 0 Å². The molecule has 154 valence electrons. The minimum Gasteiger partial charge on any atom is -0.490 e. The van der Waals surface area contributed by atoms with E-state index in [1.807, 2.05) is 12.1 Å². The molecule has 1 aliphatic carbocycles. The Morgan fingerprint density at radius 3 is 2.31 bits per heavy atom. The topological polar surface area (TPSA) is 9.23 Å². The molecule has 0 N–H and O–H groups in total. The van der Waals surface area contributed by atoms with Gasteiger partial charge < -0.3 is 4.74 Å². The number of halogens is 2. The molecule has 0 atom stereocenters. The second-order valence-electron chi connectivity index (χ2n) is 8.12. The van der Waals surface area contributed by atoms with E-state index in [1.54, 1.807) is 0 Å². The van der Waals surface area contributed by atoms with Crippen molar-refractivity contribution in [3.8, 4) is 17.6 Å². The fourth-order valence-electron chi connectivity index (χ4n) is 3.85. The van der Waals surface area contributed by atoms with Crippen molar-refractivity contribution in [2.45, 2.75) is 64.7 Å². The second kappa shape index (κ2) is 10.4. The van der Waals surface area contributed by atoms with Crippen LogP contribution in [0.15, 0.2) is 36.4 Å². The summed E-state index contributed by atoms with van der Waals surface area (Å²) in [6, 6.07) is 11.1. The standard InChI is InChI=1S/C26H30F2O/c1-3-4-5-18-29-24-17-16-23(25(27)26(24)28)15-10-20-8-13-22(14-9-20)21-11-6-19(2)7-12-21/h8-9,13-14,16-17,19,21H,3-7,11-12,18H2,1-2H3. The van der Waals surface area contributed by atoms with Gasteiger partial charge in [-0.15, -0.1) is 0 Å². The third-order valence-electron chi connectivity index (χ3n) is 5.79. The van der Waals surface area contributed by atoms with Crippen molar-refractivity contribution in [3.05, 3.63) is 64.7 Å². The van der Waals surface area contributed by atoms with Crippen molar-refractivity contribution in [1.82, 2.24) is 0 Å². The van der Waals surface area contributed by atoms with Gasteiger partial charge in [-0.25, -0.2) is 4.39 Å². The summed E-state index contributed by atoms with van der Waals surface area (Å²) >= 11 is 0. The zero-order chi connectivity index (χ0) is 20.6. The van der Waals surface area contributed by atoms with E-state index in [0.29, 0.717) is 12.5 Å². The van der Waals surface area contributed by atoms with Crippen LogP contribution in [0, 0.1) is 29.4 Å². The third kappa shape index (κ3) is 5.82. The highest BCUT2D eigenvalue weighted by atomic mass is 19.2. The molecule has 3 heteroatoms. The van der Waals surface area contributed by atoms with E-state index in [-0.39, 0.29) is 11.3 Å². The molecule has 0 heterocycles. The van der Waals surface area contributed by atoms with Crippen molar-refractivity contribution in [3.63, 3.8) is 0 Å². The smallest absolute Gasteiger partial charge is 0.201 e. The average Bonchev–Trinajstić information content (AvgIpc) is 2.74. The van der Waals surface area contributed by atoms with Gasteiger partial charge in [0.2, 0.25) is 5.82 Å². The highest BCUT2D eigenvalue weighted by Gasteiger charge is 2.19. The summed E-state index contributed by atoms with van der Waals surface area (Å²) in [5, 5.41) is 0. The lowest BCUT2D eigenvalue weighted by Crippen LogP contribution is -2.10. The molecule has 29 heavy (non-hydrogen) atoms. The van der Waals surface area contributed by atoms with Crippen LogP contribution in [0.3, 0.4) is 0 Å². The highest BCUT2D eigenvalue weighted by Crippen LogP contribution is 2.35. The van der Waals surface area contributed by atoms with Gasteiger partial charge in [0.1, 0.15) is 0 Å². The average molecular weight is 397 g/mol. The number of benzene rings is 2. The van der Waals surface area contributed by atoms with Crippen molar-refractivity contribution in [2.24, 2.45) is 5.92 Å². The number of unbranched alkanes of at least 4 members (excludes halogenated alkanes) is 2. The van der Waals surface area contributed by atoms with Crippen LogP contribution >= 0.6 is 0 Å². The summed E-state index contributed by atoms with van der Waals surface area (Å²) in [6.45, 7) is 4.79. The van der Waals surface area contributed by atoms with Gasteiger partial charge in [0.25, 0.3) is 0 Å². The van der Waals surface area contributed by atoms with E-state index < -0.39 is 11.6 Å². The van der Waals surface area contributed by atoms with Crippen LogP contribution in [0.4, 0.5) is 8.78 Å². The molecule has 0 bridgehead atoms. The molecule has 1 saturated carbocycles. The van der Waals surface area contributed by atoms with Gasteiger partial charge in [0.05, 0.1) is 12.2 Å². The third-order valence-corrected chi connectivity index (χ3v) is 5.79. The predicted octanol–water partition coefficient (Wildman–Crippen LogP) is 7.23. The predicted molar refractivity (Wildman–Crippen MR) is 114 cm³/mol. The summed E-state index contributed by atoms with van der Waals surface area (Å²) in [6.07, 6.45) is 7.94. The van der Waals surface area contributed by atoms with E-state index in [9.17, 15) is 8.78 Å². The van der Waals surface area contributed by atoms with Gasteiger partial charge in [0.15, 0.2) is 11.6 Å². The zero-order valence-electron chi connectivity index (χ0n) is 17.4. The molecule has 0 spiro atoms. The SMILES string of the molecule is CCCCCOc1ccc(C#Cc2ccc(C3CCC(C)CC3)cc2)c(F)c1F. The number of hydrogen-bond acceptors (Lipinski definition) is 1. The largest absolute Gasteiger partial charge is 0.490 e. The molecule has 0 aliphatic heterocycles. The Labute approximate surface area is 173 Å². The number of ether oxygens (including phenoxy) is 1. The molecule has 0 aromatic heterocycles. The maximum atomic E-state index is 14.3. The Balaban J connectivity index is 1.65. The van der Waals surface area contributed by atoms with Crippen LogP contribution < -0.4 is 4.74 Å². The fourth-order valence-corrected chi connectivity index (χ4v) is 3.85. The molecule has 1 fully saturated rings. The molecule has 0 unspecified atom stereocenters. The summed E-state index contributed by atoms with van der Waals surface area (Å²) in [5.74, 6) is 5.21. The molecule has 1 nitrogen and oxygen atoms in total. The van der Waals surface area contributed by atoms with Crippen LogP contribution in [0.25, 0.3) is 0 Å². The maximum absolute atomic E-state index is 14.3. The van der Waals surface area contributed by atoms with Gasteiger partial charge in [-0.2, -0.15) is 4.39 Å². The zero-order valence-corrected chi connectivity index (χ0v) is 17.4. The summed E-state index contributed by atoms with van der Waals surface area (Å²) in [7, 11) is 0. The summed E-state index contributed by atoms with van der Waals surface area (Å²) in [4.78, 5) is 0. The van der Waals surface area contributed by atoms with Crippen molar-refractivity contribution < 1.29 is 13.5 Å². The Bertz CT molecular complexity index is 853. The molecular formula is C26H30F2O. The lowest BCUT2D eigenvalue weighted by molar-refractivity contribution is 0.286. The van der Waals surface area contributed by atoms with Crippen LogP contribution in [-0.2, 0) is 0 Å². The van der Waals surface area contributed by atoms with Gasteiger partial charge in [-0.05, 0) is 60.9 Å². The van der Waals surface area contributed by atoms with E-state index >= 15 is 0 Å². The highest BCUT2D eigenvalue weighted by molar-refractivity contribution is 5.46. The minimum atomic E-state index is -0.963. The first-order valence-electron chi connectivity index (χ1n) is 10.8. The van der Waals surface area contributed by atoms with E-state index in [4.69, 9.17) is 4.74 Å².